The Bertz CT molecular complexity index is 1440. The Morgan fingerprint density at radius 1 is 0.739 bits per heavy atom. The van der Waals surface area contributed by atoms with Crippen molar-refractivity contribution in [1.29, 1.82) is 0 Å². The molecule has 0 bridgehead atoms. The molecule has 1 saturated heterocycles. The second-order valence-corrected chi connectivity index (χ2v) is 12.4. The Balaban J connectivity index is 0.895. The van der Waals surface area contributed by atoms with E-state index in [0.717, 1.165) is 55.8 Å². The number of carbonyl (C=O) groups is 3. The number of nitrogens with one attached hydrogen (secondary N) is 1. The molecule has 0 radical (unpaired) electrons. The molecule has 1 fully saturated rings. The van der Waals surface area contributed by atoms with Crippen LogP contribution in [0.15, 0.2) is 78.9 Å². The molecule has 46 heavy (non-hydrogen) atoms. The van der Waals surface area contributed by atoms with Crippen molar-refractivity contribution in [3.05, 3.63) is 90.0 Å². The third-order valence-electron chi connectivity index (χ3n) is 8.63. The molecule has 0 aromatic heterocycles. The van der Waals surface area contributed by atoms with Crippen LogP contribution in [0.4, 0.5) is 10.5 Å². The Morgan fingerprint density at radius 3 is 2.00 bits per heavy atom. The van der Waals surface area contributed by atoms with Gasteiger partial charge in [-0.3, -0.25) is 19.8 Å². The van der Waals surface area contributed by atoms with E-state index in [1.807, 2.05) is 54.6 Å². The van der Waals surface area contributed by atoms with Crippen LogP contribution >= 0.6 is 0 Å². The number of carbonyl (C=O) groups excluding carboxylic acids is 3. The number of rotatable bonds is 15. The second-order valence-electron chi connectivity index (χ2n) is 12.4. The van der Waals surface area contributed by atoms with Crippen LogP contribution in [0.1, 0.15) is 33.6 Å². The van der Waals surface area contributed by atoms with Crippen LogP contribution in [-0.2, 0) is 14.2 Å². The van der Waals surface area contributed by atoms with E-state index in [1.54, 1.807) is 24.3 Å². The number of para-hydroxylation sites is 1. The highest BCUT2D eigenvalue weighted by Gasteiger charge is 2.36. The van der Waals surface area contributed by atoms with E-state index < -0.39 is 6.09 Å². The first kappa shape index (κ1) is 33.3. The number of likely N-dealkylation sites (tertiary alicyclic amines) is 1. The molecule has 244 valence electrons. The van der Waals surface area contributed by atoms with Gasteiger partial charge in [-0.1, -0.05) is 60.7 Å². The van der Waals surface area contributed by atoms with Crippen LogP contribution < -0.4 is 5.32 Å². The maximum Gasteiger partial charge on any atom is 0.411 e. The molecule has 2 aliphatic heterocycles. The summed E-state index contributed by atoms with van der Waals surface area (Å²) in [5.41, 5.74) is 3.71. The van der Waals surface area contributed by atoms with Crippen molar-refractivity contribution < 1.29 is 33.1 Å². The Labute approximate surface area is 271 Å². The van der Waals surface area contributed by atoms with Gasteiger partial charge in [-0.2, -0.15) is 0 Å². The van der Waals surface area contributed by atoms with E-state index in [2.05, 4.69) is 24.3 Å². The fourth-order valence-corrected chi connectivity index (χ4v) is 5.76. The molecule has 0 saturated carbocycles. The van der Waals surface area contributed by atoms with Crippen molar-refractivity contribution in [2.75, 3.05) is 85.1 Å². The van der Waals surface area contributed by atoms with Crippen molar-refractivity contribution in [3.8, 4) is 11.1 Å². The van der Waals surface area contributed by atoms with Gasteiger partial charge < -0.3 is 23.6 Å². The summed E-state index contributed by atoms with van der Waals surface area (Å²) < 4.78 is 18.0. The smallest absolute Gasteiger partial charge is 0.411 e. The van der Waals surface area contributed by atoms with E-state index in [9.17, 15) is 14.4 Å². The largest absolute Gasteiger partial charge is 0.446 e. The zero-order chi connectivity index (χ0) is 32.4. The second kappa shape index (κ2) is 16.0. The summed E-state index contributed by atoms with van der Waals surface area (Å²) in [6.07, 6.45) is 1.05. The number of quaternary nitrogens is 1. The number of piperidine rings is 1. The molecule has 10 nitrogen and oxygen atoms in total. The summed E-state index contributed by atoms with van der Waals surface area (Å²) in [7, 11) is 4.15. The first-order chi connectivity index (χ1) is 22.3. The van der Waals surface area contributed by atoms with Gasteiger partial charge in [0.15, 0.2) is 0 Å². The zero-order valence-electron chi connectivity index (χ0n) is 26.9. The molecule has 0 aliphatic carbocycles. The molecule has 3 amide bonds. The van der Waals surface area contributed by atoms with Crippen LogP contribution in [0.3, 0.4) is 0 Å². The molecular formula is C36H45N4O6+. The number of fused-ring (bicyclic) bond motifs is 1. The normalized spacial score (nSPS) is 15.7. The lowest BCUT2D eigenvalue weighted by molar-refractivity contribution is -0.889. The van der Waals surface area contributed by atoms with Crippen molar-refractivity contribution in [2.24, 2.45) is 0 Å². The summed E-state index contributed by atoms with van der Waals surface area (Å²) in [5, 5.41) is 2.93. The van der Waals surface area contributed by atoms with Crippen molar-refractivity contribution in [2.45, 2.75) is 18.9 Å². The predicted octanol–water partition coefficient (Wildman–Crippen LogP) is 4.77. The van der Waals surface area contributed by atoms with E-state index in [-0.39, 0.29) is 17.9 Å². The first-order valence-corrected chi connectivity index (χ1v) is 16.1. The number of imide groups is 1. The van der Waals surface area contributed by atoms with Crippen LogP contribution in [0.25, 0.3) is 11.1 Å². The minimum Gasteiger partial charge on any atom is -0.446 e. The molecule has 2 aliphatic rings. The molecule has 3 aromatic carbocycles. The molecular weight excluding hydrogens is 584 g/mol. The van der Waals surface area contributed by atoms with Crippen molar-refractivity contribution >= 4 is 23.6 Å². The maximum atomic E-state index is 12.7. The van der Waals surface area contributed by atoms with Crippen molar-refractivity contribution in [1.82, 2.24) is 9.80 Å². The summed E-state index contributed by atoms with van der Waals surface area (Å²) in [4.78, 5) is 41.5. The van der Waals surface area contributed by atoms with Gasteiger partial charge in [-0.05, 0) is 36.6 Å². The zero-order valence-corrected chi connectivity index (χ0v) is 26.9. The third-order valence-corrected chi connectivity index (χ3v) is 8.63. The molecule has 1 N–H and O–H groups in total. The van der Waals surface area contributed by atoms with Gasteiger partial charge in [0.1, 0.15) is 12.6 Å². The van der Waals surface area contributed by atoms with Crippen LogP contribution in [0.2, 0.25) is 0 Å². The lowest BCUT2D eigenvalue weighted by Crippen LogP contribution is -2.48. The van der Waals surface area contributed by atoms with Gasteiger partial charge in [-0.15, -0.1) is 0 Å². The Kier molecular flexibility index (Phi) is 11.5. The van der Waals surface area contributed by atoms with E-state index in [0.29, 0.717) is 55.1 Å². The summed E-state index contributed by atoms with van der Waals surface area (Å²) in [5.74, 6) is -0.425. The standard InChI is InChI=1S/C36H44N4O6/c1-40(2,22-20-39-34(41)31-13-6-7-14-32(31)35(39)42)23-25-45-27-26-44-24-21-38-18-16-29(17-19-38)46-36(43)37-33-15-9-8-12-30(33)28-10-4-3-5-11-28/h3-15,29H,16-27H2,1-2H3/p+1. The number of benzene rings is 3. The predicted molar refractivity (Wildman–Crippen MR) is 177 cm³/mol. The number of hydrogen-bond donors (Lipinski definition) is 1. The number of amides is 3. The third kappa shape index (κ3) is 9.01. The van der Waals surface area contributed by atoms with E-state index in [1.165, 1.54) is 4.90 Å². The fraction of sp³-hybridized carbons (Fsp3) is 0.417. The van der Waals surface area contributed by atoms with Gasteiger partial charge >= 0.3 is 6.09 Å². The average molecular weight is 630 g/mol. The van der Waals surface area contributed by atoms with E-state index >= 15 is 0 Å². The number of anilines is 1. The van der Waals surface area contributed by atoms with Gasteiger partial charge in [0.2, 0.25) is 0 Å². The molecule has 2 heterocycles. The van der Waals surface area contributed by atoms with Crippen LogP contribution in [0, 0.1) is 0 Å². The molecule has 0 spiro atoms. The summed E-state index contributed by atoms with van der Waals surface area (Å²) in [6, 6.07) is 24.7. The van der Waals surface area contributed by atoms with Gasteiger partial charge in [0.25, 0.3) is 11.8 Å². The maximum absolute atomic E-state index is 12.7. The van der Waals surface area contributed by atoms with Gasteiger partial charge in [0, 0.05) is 25.2 Å². The lowest BCUT2D eigenvalue weighted by Gasteiger charge is -2.31. The monoisotopic (exact) mass is 629 g/mol. The minimum absolute atomic E-state index is 0.107. The highest BCUT2D eigenvalue weighted by atomic mass is 16.6. The number of ether oxygens (including phenoxy) is 3. The molecule has 0 atom stereocenters. The SMILES string of the molecule is C[N+](C)(CCOCCOCCN1CCC(OC(=O)Nc2ccccc2-c2ccccc2)CC1)CCN1C(=O)c2ccccc2C1=O. The summed E-state index contributed by atoms with van der Waals surface area (Å²) >= 11 is 0. The van der Waals surface area contributed by atoms with Crippen molar-refractivity contribution in [3.63, 3.8) is 0 Å². The number of hydrogen-bond acceptors (Lipinski definition) is 7. The average Bonchev–Trinajstić information content (AvgIpc) is 3.31. The van der Waals surface area contributed by atoms with Crippen LogP contribution in [0.5, 0.6) is 0 Å². The molecule has 10 heteroatoms. The molecule has 5 rings (SSSR count). The Hall–Kier alpha value is -4.09. The topological polar surface area (TPSA) is 97.4 Å². The first-order valence-electron chi connectivity index (χ1n) is 16.1. The minimum atomic E-state index is -0.421. The highest BCUT2D eigenvalue weighted by molar-refractivity contribution is 6.21. The number of nitrogens with zero attached hydrogens (tertiary/aromatic N) is 3. The summed E-state index contributed by atoms with van der Waals surface area (Å²) in [6.45, 7) is 6.54. The molecule has 3 aromatic rings. The number of likely N-dealkylation sites (N-methyl/N-ethyl adjacent to an activating group) is 1. The molecule has 0 unspecified atom stereocenters. The van der Waals surface area contributed by atoms with Gasteiger partial charge in [-0.25, -0.2) is 4.79 Å². The Morgan fingerprint density at radius 2 is 1.33 bits per heavy atom. The highest BCUT2D eigenvalue weighted by Crippen LogP contribution is 2.28. The quantitative estimate of drug-likeness (QED) is 0.147. The van der Waals surface area contributed by atoms with Crippen LogP contribution in [-0.4, -0.2) is 118 Å². The lowest BCUT2D eigenvalue weighted by atomic mass is 10.0. The fourth-order valence-electron chi connectivity index (χ4n) is 5.76. The van der Waals surface area contributed by atoms with Gasteiger partial charge in [0.05, 0.1) is 70.4 Å². The van der Waals surface area contributed by atoms with E-state index in [4.69, 9.17) is 14.2 Å².